The number of alkyl halides is 2. The van der Waals surface area contributed by atoms with Crippen molar-refractivity contribution in [3.8, 4) is 5.75 Å². The van der Waals surface area contributed by atoms with Crippen LogP contribution in [-0.4, -0.2) is 57.9 Å². The molecule has 11 heteroatoms. The minimum atomic E-state index is -2.68. The first kappa shape index (κ1) is 32.0. The zero-order valence-corrected chi connectivity index (χ0v) is 26.3. The van der Waals surface area contributed by atoms with E-state index in [0.29, 0.717) is 36.5 Å². The Morgan fingerprint density at radius 3 is 2.40 bits per heavy atom. The van der Waals surface area contributed by atoms with Gasteiger partial charge in [0.05, 0.1) is 37.2 Å². The standard InChI is InChI=1S/C34H38F2N4O5/c1-20-15-29(43-5)25(24-12-14-40(30(20)24)33(42)45-34(2,3)4)19-39-13-11-23(26-17-38-27(18-37-26)31(35)36)16-28(39)21-7-9-22(10-8-21)32(41)44-6/h7-10,12,14-15,17-18,23,28,31H,11,13,16,19H2,1-6H3/t23?,28-/m0/s1. The van der Waals surface area contributed by atoms with E-state index >= 15 is 0 Å². The molecule has 238 valence electrons. The van der Waals surface area contributed by atoms with Crippen LogP contribution in [0.25, 0.3) is 10.9 Å². The van der Waals surface area contributed by atoms with Gasteiger partial charge in [0.1, 0.15) is 17.0 Å². The summed E-state index contributed by atoms with van der Waals surface area (Å²) in [7, 11) is 2.97. The fraction of sp³-hybridized carbons (Fsp3) is 0.412. The van der Waals surface area contributed by atoms with E-state index in [0.717, 1.165) is 40.2 Å². The largest absolute Gasteiger partial charge is 0.496 e. The molecule has 1 saturated heterocycles. The highest BCUT2D eigenvalue weighted by Crippen LogP contribution is 2.42. The Morgan fingerprint density at radius 1 is 1.07 bits per heavy atom. The lowest BCUT2D eigenvalue weighted by atomic mass is 9.84. The van der Waals surface area contributed by atoms with Gasteiger partial charge in [-0.15, -0.1) is 0 Å². The van der Waals surface area contributed by atoms with E-state index in [9.17, 15) is 18.4 Å². The van der Waals surface area contributed by atoms with Gasteiger partial charge in [-0.25, -0.2) is 18.4 Å². The predicted molar refractivity (Wildman–Crippen MR) is 165 cm³/mol. The molecule has 0 N–H and O–H groups in total. The Kier molecular flexibility index (Phi) is 9.20. The molecule has 0 amide bonds. The van der Waals surface area contributed by atoms with E-state index in [1.54, 1.807) is 25.4 Å². The SMILES string of the molecule is COC(=O)c1ccc([C@@H]2CC(c3cnc(C(F)F)cn3)CCN2Cc2c(OC)cc(C)c3c2ccn3C(=O)OC(C)(C)C)cc1. The minimum Gasteiger partial charge on any atom is -0.496 e. The third-order valence-corrected chi connectivity index (χ3v) is 8.16. The van der Waals surface area contributed by atoms with Crippen molar-refractivity contribution in [1.82, 2.24) is 19.4 Å². The van der Waals surface area contributed by atoms with Crippen LogP contribution in [0.3, 0.4) is 0 Å². The summed E-state index contributed by atoms with van der Waals surface area (Å²) in [6.07, 6.45) is 2.57. The summed E-state index contributed by atoms with van der Waals surface area (Å²) >= 11 is 0. The number of hydrogen-bond donors (Lipinski definition) is 0. The highest BCUT2D eigenvalue weighted by Gasteiger charge is 2.33. The van der Waals surface area contributed by atoms with Crippen LogP contribution < -0.4 is 4.74 Å². The number of hydrogen-bond acceptors (Lipinski definition) is 8. The van der Waals surface area contributed by atoms with E-state index in [1.807, 2.05) is 52.0 Å². The van der Waals surface area contributed by atoms with E-state index in [2.05, 4.69) is 14.9 Å². The van der Waals surface area contributed by atoms with Gasteiger partial charge in [0.25, 0.3) is 6.43 Å². The molecule has 4 aromatic rings. The summed E-state index contributed by atoms with van der Waals surface area (Å²) in [6.45, 7) is 8.60. The number of carbonyl (C=O) groups is 2. The van der Waals surface area contributed by atoms with Gasteiger partial charge in [-0.2, -0.15) is 0 Å². The average molecular weight is 621 g/mol. The summed E-state index contributed by atoms with van der Waals surface area (Å²) in [6, 6.07) is 11.1. The van der Waals surface area contributed by atoms with Gasteiger partial charge < -0.3 is 14.2 Å². The van der Waals surface area contributed by atoms with Crippen molar-refractivity contribution in [3.63, 3.8) is 0 Å². The maximum Gasteiger partial charge on any atom is 0.419 e. The average Bonchev–Trinajstić information content (AvgIpc) is 3.48. The molecule has 0 saturated carbocycles. The number of halogens is 2. The van der Waals surface area contributed by atoms with Crippen molar-refractivity contribution in [2.75, 3.05) is 20.8 Å². The van der Waals surface area contributed by atoms with Crippen molar-refractivity contribution in [2.45, 2.75) is 71.1 Å². The molecular formula is C34H38F2N4O5. The quantitative estimate of drug-likeness (QED) is 0.198. The first-order valence-electron chi connectivity index (χ1n) is 14.8. The first-order valence-corrected chi connectivity index (χ1v) is 14.8. The van der Waals surface area contributed by atoms with Gasteiger partial charge in [-0.05, 0) is 82.5 Å². The number of ether oxygens (including phenoxy) is 3. The first-order chi connectivity index (χ1) is 21.4. The van der Waals surface area contributed by atoms with Gasteiger partial charge in [-0.3, -0.25) is 19.4 Å². The molecule has 1 fully saturated rings. The van der Waals surface area contributed by atoms with Crippen LogP contribution in [0.5, 0.6) is 5.75 Å². The Balaban J connectivity index is 1.52. The molecule has 0 aliphatic carbocycles. The van der Waals surface area contributed by atoms with Crippen LogP contribution in [0.4, 0.5) is 13.6 Å². The van der Waals surface area contributed by atoms with Gasteiger partial charge in [-0.1, -0.05) is 12.1 Å². The molecule has 1 unspecified atom stereocenters. The van der Waals surface area contributed by atoms with Gasteiger partial charge >= 0.3 is 12.1 Å². The fourth-order valence-electron chi connectivity index (χ4n) is 6.02. The van der Waals surface area contributed by atoms with Crippen LogP contribution in [0, 0.1) is 6.92 Å². The summed E-state index contributed by atoms with van der Waals surface area (Å²) in [5.41, 5.74) is 3.65. The molecule has 1 aliphatic rings. The van der Waals surface area contributed by atoms with E-state index < -0.39 is 24.1 Å². The highest BCUT2D eigenvalue weighted by atomic mass is 19.3. The summed E-state index contributed by atoms with van der Waals surface area (Å²) < 4.78 is 44.2. The summed E-state index contributed by atoms with van der Waals surface area (Å²) in [4.78, 5) is 35.9. The third kappa shape index (κ3) is 6.83. The number of fused-ring (bicyclic) bond motifs is 1. The predicted octanol–water partition coefficient (Wildman–Crippen LogP) is 7.38. The Labute approximate surface area is 261 Å². The van der Waals surface area contributed by atoms with Crippen LogP contribution in [0.2, 0.25) is 0 Å². The third-order valence-electron chi connectivity index (χ3n) is 8.16. The fourth-order valence-corrected chi connectivity index (χ4v) is 6.02. The molecule has 1 aliphatic heterocycles. The maximum absolute atomic E-state index is 13.1. The molecule has 0 radical (unpaired) electrons. The number of benzene rings is 2. The van der Waals surface area contributed by atoms with Crippen LogP contribution in [0.15, 0.2) is 55.0 Å². The van der Waals surface area contributed by atoms with Crippen LogP contribution >= 0.6 is 0 Å². The van der Waals surface area contributed by atoms with Crippen molar-refractivity contribution in [2.24, 2.45) is 0 Å². The van der Waals surface area contributed by atoms with E-state index in [1.165, 1.54) is 17.9 Å². The van der Waals surface area contributed by atoms with Crippen molar-refractivity contribution in [3.05, 3.63) is 88.6 Å². The van der Waals surface area contributed by atoms with Crippen molar-refractivity contribution in [1.29, 1.82) is 0 Å². The molecule has 0 bridgehead atoms. The smallest absolute Gasteiger partial charge is 0.419 e. The number of carbonyl (C=O) groups excluding carboxylic acids is 2. The molecule has 2 aromatic carbocycles. The lowest BCUT2D eigenvalue weighted by molar-refractivity contribution is 0.0542. The Morgan fingerprint density at radius 2 is 1.80 bits per heavy atom. The number of esters is 1. The Bertz CT molecular complexity index is 1680. The highest BCUT2D eigenvalue weighted by molar-refractivity contribution is 5.95. The molecule has 0 spiro atoms. The number of likely N-dealkylation sites (tertiary alicyclic amines) is 1. The zero-order valence-electron chi connectivity index (χ0n) is 26.3. The van der Waals surface area contributed by atoms with Crippen LogP contribution in [0.1, 0.15) is 90.4 Å². The number of piperidine rings is 1. The Hall–Kier alpha value is -4.38. The molecule has 3 heterocycles. The molecular weight excluding hydrogens is 582 g/mol. The lowest BCUT2D eigenvalue weighted by Gasteiger charge is -2.40. The zero-order chi connectivity index (χ0) is 32.5. The molecule has 2 aromatic heterocycles. The number of aromatic nitrogens is 3. The summed E-state index contributed by atoms with van der Waals surface area (Å²) in [5.74, 6) is 0.270. The summed E-state index contributed by atoms with van der Waals surface area (Å²) in [5, 5.41) is 0.882. The van der Waals surface area contributed by atoms with Gasteiger partial charge in [0.15, 0.2) is 0 Å². The molecule has 45 heavy (non-hydrogen) atoms. The molecule has 5 rings (SSSR count). The lowest BCUT2D eigenvalue weighted by Crippen LogP contribution is -2.36. The monoisotopic (exact) mass is 620 g/mol. The van der Waals surface area contributed by atoms with E-state index in [-0.39, 0.29) is 17.7 Å². The molecule has 9 nitrogen and oxygen atoms in total. The number of rotatable bonds is 7. The normalized spacial score (nSPS) is 17.4. The number of methoxy groups -OCH3 is 2. The van der Waals surface area contributed by atoms with Gasteiger partial charge in [0, 0.05) is 41.8 Å². The number of aryl methyl sites for hydroxylation is 1. The van der Waals surface area contributed by atoms with Crippen LogP contribution in [-0.2, 0) is 16.0 Å². The second-order valence-corrected chi connectivity index (χ2v) is 12.3. The second-order valence-electron chi connectivity index (χ2n) is 12.3. The van der Waals surface area contributed by atoms with Crippen molar-refractivity contribution < 1.29 is 32.6 Å². The topological polar surface area (TPSA) is 95.8 Å². The van der Waals surface area contributed by atoms with Gasteiger partial charge in [0.2, 0.25) is 0 Å². The number of nitrogens with zero attached hydrogens (tertiary/aromatic N) is 4. The molecule has 2 atom stereocenters. The maximum atomic E-state index is 13.1. The van der Waals surface area contributed by atoms with E-state index in [4.69, 9.17) is 14.2 Å². The second kappa shape index (κ2) is 12.9. The van der Waals surface area contributed by atoms with Crippen molar-refractivity contribution >= 4 is 23.0 Å². The minimum absolute atomic E-state index is 0.0149.